The molecule has 0 radical (unpaired) electrons. The molecule has 0 saturated carbocycles. The van der Waals surface area contributed by atoms with Gasteiger partial charge < -0.3 is 9.47 Å². The predicted molar refractivity (Wildman–Crippen MR) is 56.6 cm³/mol. The van der Waals surface area contributed by atoms with Gasteiger partial charge in [-0.15, -0.1) is 0 Å². The van der Waals surface area contributed by atoms with Crippen LogP contribution in [0, 0.1) is 0 Å². The van der Waals surface area contributed by atoms with Crippen molar-refractivity contribution in [1.29, 1.82) is 0 Å². The Labute approximate surface area is 87.0 Å². The first-order chi connectivity index (χ1) is 6.43. The lowest BCUT2D eigenvalue weighted by Gasteiger charge is -2.05. The fourth-order valence-corrected chi connectivity index (χ4v) is 1.12. The first-order valence-corrected chi connectivity index (χ1v) is 5.37. The zero-order valence-corrected chi connectivity index (χ0v) is 9.00. The second kappa shape index (κ2) is 6.92. The van der Waals surface area contributed by atoms with Crippen molar-refractivity contribution in [2.24, 2.45) is 0 Å². The van der Waals surface area contributed by atoms with Gasteiger partial charge in [0.05, 0.1) is 13.2 Å². The third-order valence-electron chi connectivity index (χ3n) is 1.46. The van der Waals surface area contributed by atoms with Crippen LogP contribution >= 0.6 is 15.9 Å². The molecule has 0 atom stereocenters. The van der Waals surface area contributed by atoms with Crippen molar-refractivity contribution in [3.63, 3.8) is 0 Å². The molecule has 72 valence electrons. The van der Waals surface area contributed by atoms with E-state index < -0.39 is 0 Å². The van der Waals surface area contributed by atoms with Gasteiger partial charge in [-0.2, -0.15) is 0 Å². The summed E-state index contributed by atoms with van der Waals surface area (Å²) < 4.78 is 10.6. The Kier molecular flexibility index (Phi) is 5.61. The summed E-state index contributed by atoms with van der Waals surface area (Å²) in [5.74, 6) is 0.893. The van der Waals surface area contributed by atoms with Crippen LogP contribution in [0.4, 0.5) is 0 Å². The zero-order chi connectivity index (χ0) is 9.36. The SMILES string of the molecule is BrCCOCCOc1ccccc1. The second-order valence-electron chi connectivity index (χ2n) is 2.46. The van der Waals surface area contributed by atoms with Gasteiger partial charge in [0.15, 0.2) is 0 Å². The van der Waals surface area contributed by atoms with Crippen LogP contribution in [-0.4, -0.2) is 25.2 Å². The van der Waals surface area contributed by atoms with Gasteiger partial charge in [0.2, 0.25) is 0 Å². The topological polar surface area (TPSA) is 18.5 Å². The summed E-state index contributed by atoms with van der Waals surface area (Å²) >= 11 is 3.28. The van der Waals surface area contributed by atoms with Crippen LogP contribution in [0.15, 0.2) is 30.3 Å². The molecule has 0 spiro atoms. The van der Waals surface area contributed by atoms with E-state index in [9.17, 15) is 0 Å². The lowest BCUT2D eigenvalue weighted by molar-refractivity contribution is 0.112. The Bertz CT molecular complexity index is 213. The average Bonchev–Trinajstić information content (AvgIpc) is 2.19. The summed E-state index contributed by atoms with van der Waals surface area (Å²) in [5, 5.41) is 0.873. The van der Waals surface area contributed by atoms with Gasteiger partial charge in [-0.1, -0.05) is 34.1 Å². The first-order valence-electron chi connectivity index (χ1n) is 4.25. The third-order valence-corrected chi connectivity index (χ3v) is 1.78. The number of ether oxygens (including phenoxy) is 2. The minimum Gasteiger partial charge on any atom is -0.491 e. The van der Waals surface area contributed by atoms with Crippen LogP contribution < -0.4 is 4.74 Å². The standard InChI is InChI=1S/C10H13BrO2/c11-6-7-12-8-9-13-10-4-2-1-3-5-10/h1-5H,6-9H2. The van der Waals surface area contributed by atoms with Crippen molar-refractivity contribution in [3.8, 4) is 5.75 Å². The molecule has 0 aliphatic carbocycles. The minimum atomic E-state index is 0.608. The maximum absolute atomic E-state index is 5.41. The van der Waals surface area contributed by atoms with Crippen molar-refractivity contribution in [2.75, 3.05) is 25.2 Å². The molecule has 0 heterocycles. The van der Waals surface area contributed by atoms with Gasteiger partial charge in [0, 0.05) is 5.33 Å². The number of para-hydroxylation sites is 1. The van der Waals surface area contributed by atoms with E-state index in [1.54, 1.807) is 0 Å². The van der Waals surface area contributed by atoms with Gasteiger partial charge in [0.25, 0.3) is 0 Å². The maximum atomic E-state index is 5.41. The highest BCUT2D eigenvalue weighted by Crippen LogP contribution is 2.07. The molecular formula is C10H13BrO2. The summed E-state index contributed by atoms with van der Waals surface area (Å²) in [4.78, 5) is 0. The zero-order valence-electron chi connectivity index (χ0n) is 7.41. The molecule has 2 nitrogen and oxygen atoms in total. The van der Waals surface area contributed by atoms with E-state index in [2.05, 4.69) is 15.9 Å². The predicted octanol–water partition coefficient (Wildman–Crippen LogP) is 2.48. The van der Waals surface area contributed by atoms with Crippen molar-refractivity contribution >= 4 is 15.9 Å². The molecule has 0 saturated heterocycles. The molecule has 1 aromatic rings. The number of halogens is 1. The molecule has 0 bridgehead atoms. The van der Waals surface area contributed by atoms with Gasteiger partial charge in [-0.3, -0.25) is 0 Å². The molecule has 0 aliphatic heterocycles. The molecule has 13 heavy (non-hydrogen) atoms. The van der Waals surface area contributed by atoms with Crippen LogP contribution in [0.1, 0.15) is 0 Å². The average molecular weight is 245 g/mol. The van der Waals surface area contributed by atoms with Crippen molar-refractivity contribution < 1.29 is 9.47 Å². The highest BCUT2D eigenvalue weighted by molar-refractivity contribution is 9.09. The highest BCUT2D eigenvalue weighted by Gasteiger charge is 1.90. The van der Waals surface area contributed by atoms with Crippen LogP contribution in [0.2, 0.25) is 0 Å². The van der Waals surface area contributed by atoms with Crippen molar-refractivity contribution in [3.05, 3.63) is 30.3 Å². The molecule has 3 heteroatoms. The molecule has 1 rings (SSSR count). The Balaban J connectivity index is 2.07. The highest BCUT2D eigenvalue weighted by atomic mass is 79.9. The van der Waals surface area contributed by atoms with Crippen LogP contribution in [0.5, 0.6) is 5.75 Å². The molecule has 0 amide bonds. The smallest absolute Gasteiger partial charge is 0.119 e. The van der Waals surface area contributed by atoms with Crippen LogP contribution in [0.25, 0.3) is 0 Å². The summed E-state index contributed by atoms with van der Waals surface area (Å²) in [7, 11) is 0. The van der Waals surface area contributed by atoms with E-state index in [4.69, 9.17) is 9.47 Å². The fraction of sp³-hybridized carbons (Fsp3) is 0.400. The largest absolute Gasteiger partial charge is 0.491 e. The van der Waals surface area contributed by atoms with Crippen molar-refractivity contribution in [1.82, 2.24) is 0 Å². The van der Waals surface area contributed by atoms with Crippen LogP contribution in [0.3, 0.4) is 0 Å². The lowest BCUT2D eigenvalue weighted by atomic mass is 10.3. The Morgan fingerprint density at radius 3 is 2.46 bits per heavy atom. The Morgan fingerprint density at radius 1 is 1.00 bits per heavy atom. The minimum absolute atomic E-state index is 0.608. The van der Waals surface area contributed by atoms with Crippen molar-refractivity contribution in [2.45, 2.75) is 0 Å². The van der Waals surface area contributed by atoms with E-state index in [-0.39, 0.29) is 0 Å². The normalized spacial score (nSPS) is 9.92. The summed E-state index contributed by atoms with van der Waals surface area (Å²) in [6.07, 6.45) is 0. The van der Waals surface area contributed by atoms with E-state index in [0.717, 1.165) is 17.7 Å². The van der Waals surface area contributed by atoms with Gasteiger partial charge >= 0.3 is 0 Å². The Hall–Kier alpha value is -0.540. The number of alkyl halides is 1. The lowest BCUT2D eigenvalue weighted by Crippen LogP contribution is -2.07. The van der Waals surface area contributed by atoms with Crippen LogP contribution in [-0.2, 0) is 4.74 Å². The van der Waals surface area contributed by atoms with Gasteiger partial charge in [-0.25, -0.2) is 0 Å². The second-order valence-corrected chi connectivity index (χ2v) is 3.26. The number of rotatable bonds is 6. The van der Waals surface area contributed by atoms with Gasteiger partial charge in [-0.05, 0) is 12.1 Å². The number of hydrogen-bond donors (Lipinski definition) is 0. The molecular weight excluding hydrogens is 232 g/mol. The fourth-order valence-electron chi connectivity index (χ4n) is 0.892. The van der Waals surface area contributed by atoms with E-state index in [1.165, 1.54) is 0 Å². The molecule has 0 aromatic heterocycles. The molecule has 1 aromatic carbocycles. The Morgan fingerprint density at radius 2 is 1.77 bits per heavy atom. The first kappa shape index (κ1) is 10.5. The summed E-state index contributed by atoms with van der Waals surface area (Å²) in [5.41, 5.74) is 0. The maximum Gasteiger partial charge on any atom is 0.119 e. The van der Waals surface area contributed by atoms with E-state index >= 15 is 0 Å². The summed E-state index contributed by atoms with van der Waals surface area (Å²) in [6, 6.07) is 9.74. The van der Waals surface area contributed by atoms with Gasteiger partial charge in [0.1, 0.15) is 12.4 Å². The monoisotopic (exact) mass is 244 g/mol. The molecule has 0 unspecified atom stereocenters. The molecule has 0 aliphatic rings. The molecule has 0 fully saturated rings. The number of benzene rings is 1. The number of hydrogen-bond acceptors (Lipinski definition) is 2. The van der Waals surface area contributed by atoms with E-state index in [0.29, 0.717) is 13.2 Å². The third kappa shape index (κ3) is 4.90. The van der Waals surface area contributed by atoms with E-state index in [1.807, 2.05) is 30.3 Å². The summed E-state index contributed by atoms with van der Waals surface area (Å²) in [6.45, 7) is 1.98. The quantitative estimate of drug-likeness (QED) is 0.566. The molecule has 0 N–H and O–H groups in total.